The molecule has 2 aromatic rings. The second-order valence-electron chi connectivity index (χ2n) is 9.97. The number of esters is 1. The van der Waals surface area contributed by atoms with Crippen LogP contribution in [0.5, 0.6) is 0 Å². The first kappa shape index (κ1) is 30.3. The van der Waals surface area contributed by atoms with Gasteiger partial charge in [-0.05, 0) is 50.3 Å². The molecule has 0 saturated carbocycles. The number of aromatic nitrogens is 2. The van der Waals surface area contributed by atoms with Crippen LogP contribution >= 0.6 is 23.2 Å². The fourth-order valence-corrected chi connectivity index (χ4v) is 5.56. The van der Waals surface area contributed by atoms with Crippen molar-refractivity contribution < 1.29 is 23.9 Å². The first-order valence-corrected chi connectivity index (χ1v) is 14.2. The van der Waals surface area contributed by atoms with Gasteiger partial charge >= 0.3 is 17.7 Å². The van der Waals surface area contributed by atoms with Gasteiger partial charge in [0.05, 0.1) is 29.3 Å². The van der Waals surface area contributed by atoms with Gasteiger partial charge in [-0.15, -0.1) is 0 Å². The molecule has 4 amide bonds. The molecule has 12 nitrogen and oxygen atoms in total. The average Bonchev–Trinajstić information content (AvgIpc) is 2.97. The highest BCUT2D eigenvalue weighted by Crippen LogP contribution is 2.25. The Morgan fingerprint density at radius 1 is 1.00 bits per heavy atom. The van der Waals surface area contributed by atoms with Gasteiger partial charge in [0.15, 0.2) is 0 Å². The van der Waals surface area contributed by atoms with Crippen molar-refractivity contribution >= 4 is 52.8 Å². The number of hydrogen-bond donors (Lipinski definition) is 2. The summed E-state index contributed by atoms with van der Waals surface area (Å²) in [6.07, 6.45) is 5.61. The summed E-state index contributed by atoms with van der Waals surface area (Å²) in [6.45, 7) is 2.07. The molecule has 2 N–H and O–H groups in total. The zero-order valence-corrected chi connectivity index (χ0v) is 24.1. The molecule has 0 radical (unpaired) electrons. The Balaban J connectivity index is 1.35. The van der Waals surface area contributed by atoms with E-state index in [2.05, 4.69) is 15.6 Å². The van der Waals surface area contributed by atoms with Crippen molar-refractivity contribution in [2.24, 2.45) is 5.92 Å². The van der Waals surface area contributed by atoms with Crippen molar-refractivity contribution in [1.29, 1.82) is 0 Å². The number of amides is 4. The van der Waals surface area contributed by atoms with Crippen molar-refractivity contribution in [3.8, 4) is 0 Å². The van der Waals surface area contributed by atoms with Gasteiger partial charge in [-0.3, -0.25) is 14.2 Å². The molecule has 41 heavy (non-hydrogen) atoms. The Morgan fingerprint density at radius 2 is 1.66 bits per heavy atom. The highest BCUT2D eigenvalue weighted by molar-refractivity contribution is 6.40. The molecular weight excluding hydrogens is 575 g/mol. The molecule has 2 fully saturated rings. The maximum atomic E-state index is 13.0. The number of benzene rings is 1. The lowest BCUT2D eigenvalue weighted by molar-refractivity contribution is -0.143. The molecular formula is C27H32Cl2N6O6. The third-order valence-electron chi connectivity index (χ3n) is 7.27. The van der Waals surface area contributed by atoms with Gasteiger partial charge in [-0.25, -0.2) is 14.4 Å². The van der Waals surface area contributed by atoms with Crippen LogP contribution in [0.3, 0.4) is 0 Å². The number of ether oxygens (including phenoxy) is 1. The molecule has 220 valence electrons. The fourth-order valence-electron chi connectivity index (χ4n) is 4.99. The van der Waals surface area contributed by atoms with Crippen LogP contribution in [0.4, 0.5) is 10.6 Å². The number of nitrogens with zero attached hydrogens (tertiary/aromatic N) is 4. The topological polar surface area (TPSA) is 143 Å². The summed E-state index contributed by atoms with van der Waals surface area (Å²) in [5.74, 6) is -1.41. The number of anilines is 1. The number of carbonyl (C=O) groups is 4. The molecule has 14 heteroatoms. The highest BCUT2D eigenvalue weighted by Gasteiger charge is 2.32. The van der Waals surface area contributed by atoms with Crippen LogP contribution < -0.4 is 16.3 Å². The van der Waals surface area contributed by atoms with Gasteiger partial charge in [0.1, 0.15) is 11.9 Å². The number of halogens is 2. The zero-order chi connectivity index (χ0) is 29.5. The number of carbonyl (C=O) groups excluding carboxylic acids is 4. The molecule has 2 aliphatic rings. The number of hydrogen-bond acceptors (Lipinski definition) is 7. The molecule has 0 bridgehead atoms. The molecule has 4 rings (SSSR count). The SMILES string of the molecule is COC(=O)[C@H](Cn1ccc(NC(=O)c2c(Cl)cccc2Cl)nc1=O)NC(=O)N1CCC(C(=O)N2CCCCC2)CC1. The second kappa shape index (κ2) is 13.8. The molecule has 0 spiro atoms. The Labute approximate surface area is 246 Å². The smallest absolute Gasteiger partial charge is 0.349 e. The first-order valence-electron chi connectivity index (χ1n) is 13.4. The Hall–Kier alpha value is -3.64. The lowest BCUT2D eigenvalue weighted by Gasteiger charge is -2.36. The zero-order valence-electron chi connectivity index (χ0n) is 22.6. The number of nitrogens with one attached hydrogen (secondary N) is 2. The van der Waals surface area contributed by atoms with Crippen molar-refractivity contribution in [3.05, 3.63) is 56.6 Å². The van der Waals surface area contributed by atoms with Crippen molar-refractivity contribution in [2.45, 2.75) is 44.7 Å². The van der Waals surface area contributed by atoms with Gasteiger partial charge in [0.25, 0.3) is 5.91 Å². The summed E-state index contributed by atoms with van der Waals surface area (Å²) in [5.41, 5.74) is -0.733. The minimum absolute atomic E-state index is 0.0372. The average molecular weight is 607 g/mol. The van der Waals surface area contributed by atoms with E-state index >= 15 is 0 Å². The number of methoxy groups -OCH3 is 1. The predicted molar refractivity (Wildman–Crippen MR) is 152 cm³/mol. The van der Waals surface area contributed by atoms with Crippen molar-refractivity contribution in [3.63, 3.8) is 0 Å². The van der Waals surface area contributed by atoms with Crippen LogP contribution in [0, 0.1) is 5.92 Å². The van der Waals surface area contributed by atoms with E-state index in [4.69, 9.17) is 27.9 Å². The minimum Gasteiger partial charge on any atom is -0.467 e. The van der Waals surface area contributed by atoms with Crippen LogP contribution in [-0.2, 0) is 20.9 Å². The highest BCUT2D eigenvalue weighted by atomic mass is 35.5. The molecule has 0 aliphatic carbocycles. The van der Waals surface area contributed by atoms with Gasteiger partial charge in [-0.1, -0.05) is 29.3 Å². The summed E-state index contributed by atoms with van der Waals surface area (Å²) in [5, 5.41) is 5.38. The minimum atomic E-state index is -1.18. The first-order chi connectivity index (χ1) is 19.7. The number of piperidine rings is 2. The van der Waals surface area contributed by atoms with Gasteiger partial charge in [0, 0.05) is 38.3 Å². The van der Waals surface area contributed by atoms with E-state index in [0.29, 0.717) is 25.9 Å². The second-order valence-corrected chi connectivity index (χ2v) is 10.8. The van der Waals surface area contributed by atoms with Crippen LogP contribution in [0.1, 0.15) is 42.5 Å². The normalized spacial score (nSPS) is 16.6. The van der Waals surface area contributed by atoms with E-state index in [1.165, 1.54) is 31.5 Å². The maximum absolute atomic E-state index is 13.0. The van der Waals surface area contributed by atoms with Gasteiger partial charge < -0.3 is 25.2 Å². The molecule has 2 saturated heterocycles. The van der Waals surface area contributed by atoms with E-state index in [0.717, 1.165) is 36.9 Å². The predicted octanol–water partition coefficient (Wildman–Crippen LogP) is 2.78. The largest absolute Gasteiger partial charge is 0.467 e. The molecule has 1 aromatic heterocycles. The van der Waals surface area contributed by atoms with Crippen molar-refractivity contribution in [1.82, 2.24) is 24.7 Å². The third kappa shape index (κ3) is 7.56. The number of rotatable bonds is 7. The van der Waals surface area contributed by atoms with E-state index in [9.17, 15) is 24.0 Å². The maximum Gasteiger partial charge on any atom is 0.349 e. The fraction of sp³-hybridized carbons (Fsp3) is 0.481. The van der Waals surface area contributed by atoms with E-state index < -0.39 is 29.6 Å². The molecule has 3 heterocycles. The van der Waals surface area contributed by atoms with E-state index in [-0.39, 0.29) is 39.8 Å². The standard InChI is InChI=1S/C27H32Cl2N6O6/c1-41-25(38)20(30-26(39)34-13-8-17(9-14-34)24(37)33-11-3-2-4-12-33)16-35-15-10-21(32-27(35)40)31-23(36)22-18(28)6-5-7-19(22)29/h5-7,10,15,17,20H,2-4,8-9,11-14,16H2,1H3,(H,30,39)(H,31,32,36,40)/t20-/m0/s1. The summed E-state index contributed by atoms with van der Waals surface area (Å²) < 4.78 is 5.95. The molecule has 0 unspecified atom stereocenters. The van der Waals surface area contributed by atoms with Crippen LogP contribution in [0.2, 0.25) is 10.0 Å². The van der Waals surface area contributed by atoms with Gasteiger partial charge in [-0.2, -0.15) is 4.98 Å². The van der Waals surface area contributed by atoms with Crippen molar-refractivity contribution in [2.75, 3.05) is 38.6 Å². The van der Waals surface area contributed by atoms with Crippen LogP contribution in [0.25, 0.3) is 0 Å². The Kier molecular flexibility index (Phi) is 10.2. The Bertz CT molecular complexity index is 1330. The Morgan fingerprint density at radius 3 is 2.27 bits per heavy atom. The molecule has 1 atom stereocenters. The summed E-state index contributed by atoms with van der Waals surface area (Å²) in [7, 11) is 1.18. The van der Waals surface area contributed by atoms with Crippen LogP contribution in [-0.4, -0.2) is 82.5 Å². The van der Waals surface area contributed by atoms with E-state index in [1.54, 1.807) is 11.0 Å². The van der Waals surface area contributed by atoms with E-state index in [1.807, 2.05) is 4.90 Å². The number of likely N-dealkylation sites (tertiary alicyclic amines) is 2. The summed E-state index contributed by atoms with van der Waals surface area (Å²) >= 11 is 12.1. The quantitative estimate of drug-likeness (QED) is 0.461. The summed E-state index contributed by atoms with van der Waals surface area (Å²) in [4.78, 5) is 70.9. The van der Waals surface area contributed by atoms with Crippen LogP contribution in [0.15, 0.2) is 35.3 Å². The monoisotopic (exact) mass is 606 g/mol. The lowest BCUT2D eigenvalue weighted by Crippen LogP contribution is -2.53. The molecule has 1 aromatic carbocycles. The summed E-state index contributed by atoms with van der Waals surface area (Å²) in [6, 6.07) is 4.30. The lowest BCUT2D eigenvalue weighted by atomic mass is 9.94. The molecule has 2 aliphatic heterocycles. The van der Waals surface area contributed by atoms with Gasteiger partial charge in [0.2, 0.25) is 5.91 Å². The number of urea groups is 1. The third-order valence-corrected chi connectivity index (χ3v) is 7.90.